The number of hydrogen-bond donors (Lipinski definition) is 3. The first-order valence-corrected chi connectivity index (χ1v) is 6.74. The van der Waals surface area contributed by atoms with Crippen LogP contribution in [0.3, 0.4) is 0 Å². The van der Waals surface area contributed by atoms with Crippen LogP contribution >= 0.6 is 0 Å². The third kappa shape index (κ3) is 3.82. The maximum absolute atomic E-state index is 11.7. The van der Waals surface area contributed by atoms with Gasteiger partial charge < -0.3 is 10.3 Å². The van der Waals surface area contributed by atoms with Crippen molar-refractivity contribution in [3.63, 3.8) is 0 Å². The van der Waals surface area contributed by atoms with Gasteiger partial charge in [-0.05, 0) is 13.3 Å². The molecule has 8 heteroatoms. The molecule has 1 aromatic heterocycles. The second kappa shape index (κ2) is 5.78. The van der Waals surface area contributed by atoms with Crippen molar-refractivity contribution in [3.05, 3.63) is 12.5 Å². The number of rotatable bonds is 6. The number of hydrogen-bond acceptors (Lipinski definition) is 4. The van der Waals surface area contributed by atoms with E-state index in [1.165, 1.54) is 19.4 Å². The van der Waals surface area contributed by atoms with Crippen LogP contribution in [0.5, 0.6) is 0 Å². The quantitative estimate of drug-likeness (QED) is 0.647. The fraction of sp³-hybridized carbons (Fsp3) is 0.556. The van der Waals surface area contributed by atoms with Gasteiger partial charge in [-0.25, -0.2) is 13.4 Å². The van der Waals surface area contributed by atoms with Crippen LogP contribution < -0.4 is 10.0 Å². The molecule has 1 amide bonds. The lowest BCUT2D eigenvalue weighted by Crippen LogP contribution is -2.44. The Morgan fingerprint density at radius 3 is 2.82 bits per heavy atom. The summed E-state index contributed by atoms with van der Waals surface area (Å²) in [6, 6.07) is -0.824. The van der Waals surface area contributed by atoms with E-state index in [2.05, 4.69) is 20.0 Å². The zero-order valence-electron chi connectivity index (χ0n) is 9.73. The van der Waals surface area contributed by atoms with E-state index in [0.717, 1.165) is 6.42 Å². The minimum absolute atomic E-state index is 0.0624. The maximum Gasteiger partial charge on any atom is 0.258 e. The van der Waals surface area contributed by atoms with Gasteiger partial charge in [-0.15, -0.1) is 0 Å². The molecule has 1 heterocycles. The zero-order valence-corrected chi connectivity index (χ0v) is 10.5. The number of H-pyrrole nitrogens is 1. The molecule has 0 aliphatic rings. The molecule has 1 rings (SSSR count). The summed E-state index contributed by atoms with van der Waals surface area (Å²) in [7, 11) is -3.72. The molecule has 1 unspecified atom stereocenters. The zero-order chi connectivity index (χ0) is 12.9. The number of imidazole rings is 1. The molecule has 3 N–H and O–H groups in total. The summed E-state index contributed by atoms with van der Waals surface area (Å²) >= 11 is 0. The van der Waals surface area contributed by atoms with Gasteiger partial charge in [0.2, 0.25) is 5.91 Å². The minimum Gasteiger partial charge on any atom is -0.355 e. The summed E-state index contributed by atoms with van der Waals surface area (Å²) in [4.78, 5) is 17.6. The largest absolute Gasteiger partial charge is 0.355 e. The maximum atomic E-state index is 11.7. The van der Waals surface area contributed by atoms with Crippen LogP contribution in [0.4, 0.5) is 0 Å². The van der Waals surface area contributed by atoms with E-state index in [1.54, 1.807) is 0 Å². The van der Waals surface area contributed by atoms with Crippen molar-refractivity contribution in [2.45, 2.75) is 31.3 Å². The average Bonchev–Trinajstić information content (AvgIpc) is 2.79. The van der Waals surface area contributed by atoms with Crippen molar-refractivity contribution in [1.82, 2.24) is 20.0 Å². The SMILES string of the molecule is CCCNC(=O)C(C)NS(=O)(=O)c1cnc[nH]1. The molecule has 0 aromatic carbocycles. The summed E-state index contributed by atoms with van der Waals surface area (Å²) in [5.41, 5.74) is 0. The smallest absolute Gasteiger partial charge is 0.258 e. The Kier molecular flexibility index (Phi) is 4.64. The molecule has 0 aliphatic carbocycles. The molecule has 96 valence electrons. The first-order valence-electron chi connectivity index (χ1n) is 5.25. The van der Waals surface area contributed by atoms with Crippen molar-refractivity contribution in [2.75, 3.05) is 6.54 Å². The highest BCUT2D eigenvalue weighted by Gasteiger charge is 2.22. The van der Waals surface area contributed by atoms with E-state index in [9.17, 15) is 13.2 Å². The molecule has 7 nitrogen and oxygen atoms in total. The normalized spacial score (nSPS) is 13.3. The van der Waals surface area contributed by atoms with Gasteiger partial charge in [0.1, 0.15) is 0 Å². The van der Waals surface area contributed by atoms with Crippen LogP contribution in [0.25, 0.3) is 0 Å². The highest BCUT2D eigenvalue weighted by molar-refractivity contribution is 7.89. The van der Waals surface area contributed by atoms with E-state index in [-0.39, 0.29) is 10.9 Å². The van der Waals surface area contributed by atoms with Gasteiger partial charge in [-0.3, -0.25) is 4.79 Å². The van der Waals surface area contributed by atoms with Gasteiger partial charge in [-0.1, -0.05) is 6.92 Å². The van der Waals surface area contributed by atoms with E-state index < -0.39 is 16.1 Å². The number of amides is 1. The van der Waals surface area contributed by atoms with Crippen LogP contribution in [0.1, 0.15) is 20.3 Å². The Hall–Kier alpha value is -1.41. The Morgan fingerprint density at radius 2 is 2.29 bits per heavy atom. The first-order chi connectivity index (χ1) is 7.97. The Morgan fingerprint density at radius 1 is 1.59 bits per heavy atom. The molecule has 1 atom stereocenters. The lowest BCUT2D eigenvalue weighted by atomic mass is 10.3. The Bertz CT molecular complexity index is 455. The lowest BCUT2D eigenvalue weighted by molar-refractivity contribution is -0.122. The monoisotopic (exact) mass is 260 g/mol. The average molecular weight is 260 g/mol. The number of aromatic amines is 1. The first kappa shape index (κ1) is 13.7. The van der Waals surface area contributed by atoms with Gasteiger partial charge in [0, 0.05) is 6.54 Å². The van der Waals surface area contributed by atoms with Gasteiger partial charge in [0.15, 0.2) is 5.03 Å². The highest BCUT2D eigenvalue weighted by atomic mass is 32.2. The summed E-state index contributed by atoms with van der Waals surface area (Å²) in [6.07, 6.45) is 3.24. The summed E-state index contributed by atoms with van der Waals surface area (Å²) in [5, 5.41) is 2.55. The van der Waals surface area contributed by atoms with Crippen LogP contribution in [0.2, 0.25) is 0 Å². The van der Waals surface area contributed by atoms with Crippen molar-refractivity contribution in [3.8, 4) is 0 Å². The molecular formula is C9H16N4O3S. The number of nitrogens with zero attached hydrogens (tertiary/aromatic N) is 1. The van der Waals surface area contributed by atoms with E-state index in [4.69, 9.17) is 0 Å². The molecule has 17 heavy (non-hydrogen) atoms. The number of carbonyl (C=O) groups is 1. The molecule has 0 radical (unpaired) electrons. The van der Waals surface area contributed by atoms with E-state index in [1.807, 2.05) is 6.92 Å². The molecule has 1 aromatic rings. The molecule has 0 spiro atoms. The van der Waals surface area contributed by atoms with Crippen molar-refractivity contribution < 1.29 is 13.2 Å². The molecule has 0 saturated heterocycles. The van der Waals surface area contributed by atoms with E-state index >= 15 is 0 Å². The van der Waals surface area contributed by atoms with Gasteiger partial charge in [0.05, 0.1) is 18.6 Å². The van der Waals surface area contributed by atoms with Crippen LogP contribution in [-0.2, 0) is 14.8 Å². The number of sulfonamides is 1. The van der Waals surface area contributed by atoms with Crippen molar-refractivity contribution in [1.29, 1.82) is 0 Å². The fourth-order valence-corrected chi connectivity index (χ4v) is 2.25. The third-order valence-corrected chi connectivity index (χ3v) is 3.50. The van der Waals surface area contributed by atoms with Crippen LogP contribution in [0.15, 0.2) is 17.6 Å². The minimum atomic E-state index is -3.72. The number of aromatic nitrogens is 2. The molecule has 0 aliphatic heterocycles. The van der Waals surface area contributed by atoms with E-state index in [0.29, 0.717) is 6.54 Å². The fourth-order valence-electron chi connectivity index (χ4n) is 1.14. The summed E-state index contributed by atoms with van der Waals surface area (Å²) in [6.45, 7) is 3.92. The topological polar surface area (TPSA) is 104 Å². The Balaban J connectivity index is 2.62. The lowest BCUT2D eigenvalue weighted by Gasteiger charge is -2.12. The number of carbonyl (C=O) groups excluding carboxylic acids is 1. The standard InChI is InChI=1S/C9H16N4O3S/c1-3-4-11-9(14)7(2)13-17(15,16)8-5-10-6-12-8/h5-7,13H,3-4H2,1-2H3,(H,10,12)(H,11,14). The van der Waals surface area contributed by atoms with Crippen molar-refractivity contribution in [2.24, 2.45) is 0 Å². The summed E-state index contributed by atoms with van der Waals surface area (Å²) in [5.74, 6) is -0.352. The highest BCUT2D eigenvalue weighted by Crippen LogP contribution is 2.03. The number of nitrogens with one attached hydrogen (secondary N) is 3. The second-order valence-corrected chi connectivity index (χ2v) is 5.23. The molecule has 0 saturated carbocycles. The predicted octanol–water partition coefficient (Wildman–Crippen LogP) is -0.397. The second-order valence-electron chi connectivity index (χ2n) is 3.55. The van der Waals surface area contributed by atoms with Crippen LogP contribution in [-0.4, -0.2) is 36.9 Å². The summed E-state index contributed by atoms with van der Waals surface area (Å²) < 4.78 is 25.7. The molecule has 0 bridgehead atoms. The van der Waals surface area contributed by atoms with Gasteiger partial charge >= 0.3 is 0 Å². The molecule has 0 fully saturated rings. The van der Waals surface area contributed by atoms with Gasteiger partial charge in [0.25, 0.3) is 10.0 Å². The predicted molar refractivity (Wildman–Crippen MR) is 61.7 cm³/mol. The van der Waals surface area contributed by atoms with Crippen molar-refractivity contribution >= 4 is 15.9 Å². The van der Waals surface area contributed by atoms with Crippen LogP contribution in [0, 0.1) is 0 Å². The molecular weight excluding hydrogens is 244 g/mol. The Labute approximate surface area is 100 Å². The third-order valence-electron chi connectivity index (χ3n) is 2.04. The van der Waals surface area contributed by atoms with Gasteiger partial charge in [-0.2, -0.15) is 4.72 Å².